The number of rotatable bonds is 1. The second kappa shape index (κ2) is 2.95. The molecule has 2 heteroatoms. The third-order valence-corrected chi connectivity index (χ3v) is 3.01. The van der Waals surface area contributed by atoms with Gasteiger partial charge in [0.1, 0.15) is 0 Å². The van der Waals surface area contributed by atoms with Crippen LogP contribution in [0.3, 0.4) is 0 Å². The normalized spacial score (nSPS) is 24.2. The summed E-state index contributed by atoms with van der Waals surface area (Å²) in [4.78, 5) is 11.0. The minimum Gasteiger partial charge on any atom is -0.287 e. The van der Waals surface area contributed by atoms with Crippen LogP contribution >= 0.6 is 12.6 Å². The van der Waals surface area contributed by atoms with Gasteiger partial charge in [0.05, 0.1) is 0 Å². The van der Waals surface area contributed by atoms with Gasteiger partial charge in [0, 0.05) is 5.41 Å². The maximum absolute atomic E-state index is 11.0. The fraction of sp³-hybridized carbons (Fsp3) is 0.875. The maximum Gasteiger partial charge on any atom is 0.191 e. The Balaban J connectivity index is 2.56. The van der Waals surface area contributed by atoms with E-state index in [1.54, 1.807) is 0 Å². The third-order valence-electron chi connectivity index (χ3n) is 2.47. The molecule has 1 aliphatic rings. The van der Waals surface area contributed by atoms with E-state index in [9.17, 15) is 4.79 Å². The van der Waals surface area contributed by atoms with Crippen LogP contribution in [0.15, 0.2) is 0 Å². The molecular weight excluding hydrogens is 144 g/mol. The number of carbonyl (C=O) groups excluding carboxylic acids is 1. The molecule has 0 heterocycles. The summed E-state index contributed by atoms with van der Waals surface area (Å²) in [6.07, 6.45) is 5.76. The van der Waals surface area contributed by atoms with E-state index in [2.05, 4.69) is 12.6 Å². The molecule has 0 radical (unpaired) electrons. The lowest BCUT2D eigenvalue weighted by atomic mass is 9.77. The van der Waals surface area contributed by atoms with Crippen LogP contribution in [0.2, 0.25) is 0 Å². The molecule has 0 atom stereocenters. The van der Waals surface area contributed by atoms with Crippen LogP contribution in [0.1, 0.15) is 39.0 Å². The monoisotopic (exact) mass is 158 g/mol. The van der Waals surface area contributed by atoms with Gasteiger partial charge in [-0.15, -0.1) is 12.6 Å². The Morgan fingerprint density at radius 1 is 1.30 bits per heavy atom. The van der Waals surface area contributed by atoms with E-state index in [4.69, 9.17) is 0 Å². The standard InChI is InChI=1S/C8H14OS/c1-8(7(9)10)5-3-2-4-6-8/h2-6H2,1H3,(H,9,10). The Bertz CT molecular complexity index is 136. The molecule has 0 amide bonds. The van der Waals surface area contributed by atoms with E-state index in [1.807, 2.05) is 6.92 Å². The van der Waals surface area contributed by atoms with Crippen LogP contribution in [0, 0.1) is 5.41 Å². The molecule has 58 valence electrons. The zero-order valence-electron chi connectivity index (χ0n) is 6.39. The minimum atomic E-state index is -0.0959. The summed E-state index contributed by atoms with van der Waals surface area (Å²) in [5, 5.41) is 0.0761. The maximum atomic E-state index is 11.0. The van der Waals surface area contributed by atoms with Crippen LogP contribution < -0.4 is 0 Å². The molecule has 0 aromatic rings. The average molecular weight is 158 g/mol. The van der Waals surface area contributed by atoms with Gasteiger partial charge >= 0.3 is 0 Å². The quantitative estimate of drug-likeness (QED) is 0.580. The summed E-state index contributed by atoms with van der Waals surface area (Å²) in [5.41, 5.74) is -0.0959. The molecule has 0 spiro atoms. The van der Waals surface area contributed by atoms with Gasteiger partial charge < -0.3 is 0 Å². The second-order valence-corrected chi connectivity index (χ2v) is 3.83. The van der Waals surface area contributed by atoms with Crippen molar-refractivity contribution in [3.8, 4) is 0 Å². The van der Waals surface area contributed by atoms with Gasteiger partial charge in [-0.3, -0.25) is 4.79 Å². The largest absolute Gasteiger partial charge is 0.287 e. The molecule has 0 aromatic carbocycles. The summed E-state index contributed by atoms with van der Waals surface area (Å²) >= 11 is 3.89. The molecule has 0 saturated heterocycles. The minimum absolute atomic E-state index is 0.0761. The van der Waals surface area contributed by atoms with E-state index < -0.39 is 0 Å². The number of hydrogen-bond acceptors (Lipinski definition) is 1. The fourth-order valence-corrected chi connectivity index (χ4v) is 1.77. The third kappa shape index (κ3) is 1.54. The Labute approximate surface area is 67.6 Å². The van der Waals surface area contributed by atoms with Crippen molar-refractivity contribution >= 4 is 17.7 Å². The number of hydrogen-bond donors (Lipinski definition) is 1. The topological polar surface area (TPSA) is 17.1 Å². The zero-order valence-corrected chi connectivity index (χ0v) is 7.29. The molecule has 0 aliphatic heterocycles. The van der Waals surface area contributed by atoms with Gasteiger partial charge in [-0.05, 0) is 12.8 Å². The van der Waals surface area contributed by atoms with E-state index in [0.29, 0.717) is 0 Å². The second-order valence-electron chi connectivity index (χ2n) is 3.43. The van der Waals surface area contributed by atoms with Gasteiger partial charge in [-0.2, -0.15) is 0 Å². The van der Waals surface area contributed by atoms with Gasteiger partial charge in [0.15, 0.2) is 5.12 Å². The summed E-state index contributed by atoms with van der Waals surface area (Å²) in [5.74, 6) is 0. The van der Waals surface area contributed by atoms with Crippen molar-refractivity contribution in [2.24, 2.45) is 5.41 Å². The van der Waals surface area contributed by atoms with Gasteiger partial charge in [0.2, 0.25) is 0 Å². The van der Waals surface area contributed by atoms with E-state index in [1.165, 1.54) is 19.3 Å². The van der Waals surface area contributed by atoms with Crippen molar-refractivity contribution in [1.29, 1.82) is 0 Å². The van der Waals surface area contributed by atoms with Crippen molar-refractivity contribution in [1.82, 2.24) is 0 Å². The molecule has 1 fully saturated rings. The van der Waals surface area contributed by atoms with Crippen LogP contribution in [0.25, 0.3) is 0 Å². The van der Waals surface area contributed by atoms with Crippen molar-refractivity contribution < 1.29 is 4.79 Å². The van der Waals surface area contributed by atoms with Crippen molar-refractivity contribution in [2.45, 2.75) is 39.0 Å². The fourth-order valence-electron chi connectivity index (χ4n) is 1.55. The van der Waals surface area contributed by atoms with Gasteiger partial charge in [-0.1, -0.05) is 26.2 Å². The number of thiol groups is 1. The predicted molar refractivity (Wildman–Crippen MR) is 45.2 cm³/mol. The first kappa shape index (κ1) is 8.12. The van der Waals surface area contributed by atoms with Crippen LogP contribution in [0.5, 0.6) is 0 Å². The highest BCUT2D eigenvalue weighted by Gasteiger charge is 2.31. The SMILES string of the molecule is CC1(C(=O)S)CCCCC1. The molecule has 0 unspecified atom stereocenters. The summed E-state index contributed by atoms with van der Waals surface area (Å²) in [7, 11) is 0. The van der Waals surface area contributed by atoms with Gasteiger partial charge in [-0.25, -0.2) is 0 Å². The first-order valence-corrected chi connectivity index (χ1v) is 4.33. The molecule has 0 bridgehead atoms. The Morgan fingerprint density at radius 3 is 2.10 bits per heavy atom. The van der Waals surface area contributed by atoms with E-state index in [0.717, 1.165) is 12.8 Å². The van der Waals surface area contributed by atoms with Crippen molar-refractivity contribution in [3.05, 3.63) is 0 Å². The molecule has 0 N–H and O–H groups in total. The van der Waals surface area contributed by atoms with Crippen LogP contribution in [-0.2, 0) is 4.79 Å². The average Bonchev–Trinajstić information content (AvgIpc) is 1.89. The summed E-state index contributed by atoms with van der Waals surface area (Å²) in [6, 6.07) is 0. The summed E-state index contributed by atoms with van der Waals surface area (Å²) < 4.78 is 0. The highest BCUT2D eigenvalue weighted by molar-refractivity contribution is 7.96. The van der Waals surface area contributed by atoms with Crippen LogP contribution in [0.4, 0.5) is 0 Å². The van der Waals surface area contributed by atoms with Crippen molar-refractivity contribution in [2.75, 3.05) is 0 Å². The Morgan fingerprint density at radius 2 is 1.80 bits per heavy atom. The molecule has 10 heavy (non-hydrogen) atoms. The molecule has 1 nitrogen and oxygen atoms in total. The molecule has 0 aromatic heterocycles. The molecular formula is C8H14OS. The number of carbonyl (C=O) groups is 1. The highest BCUT2D eigenvalue weighted by Crippen LogP contribution is 2.37. The van der Waals surface area contributed by atoms with E-state index >= 15 is 0 Å². The Kier molecular flexibility index (Phi) is 2.40. The first-order chi connectivity index (χ1) is 4.65. The smallest absolute Gasteiger partial charge is 0.191 e. The van der Waals surface area contributed by atoms with Crippen molar-refractivity contribution in [3.63, 3.8) is 0 Å². The molecule has 1 rings (SSSR count). The van der Waals surface area contributed by atoms with Crippen LogP contribution in [-0.4, -0.2) is 5.12 Å². The lowest BCUT2D eigenvalue weighted by Crippen LogP contribution is -2.26. The first-order valence-electron chi connectivity index (χ1n) is 3.88. The van der Waals surface area contributed by atoms with Gasteiger partial charge in [0.25, 0.3) is 0 Å². The Hall–Kier alpha value is 0.0200. The zero-order chi connectivity index (χ0) is 7.61. The summed E-state index contributed by atoms with van der Waals surface area (Å²) in [6.45, 7) is 2.03. The lowest BCUT2D eigenvalue weighted by Gasteiger charge is -2.29. The predicted octanol–water partition coefficient (Wildman–Crippen LogP) is 2.41. The molecule has 1 aliphatic carbocycles. The molecule has 1 saturated carbocycles. The van der Waals surface area contributed by atoms with E-state index in [-0.39, 0.29) is 10.5 Å². The lowest BCUT2D eigenvalue weighted by molar-refractivity contribution is -0.120. The highest BCUT2D eigenvalue weighted by atomic mass is 32.1.